The Labute approximate surface area is 149 Å². The van der Waals surface area contributed by atoms with Crippen LogP contribution in [0.5, 0.6) is 0 Å². The zero-order valence-corrected chi connectivity index (χ0v) is 14.4. The van der Waals surface area contributed by atoms with Crippen molar-refractivity contribution in [2.75, 3.05) is 5.84 Å². The van der Waals surface area contributed by atoms with E-state index in [1.807, 2.05) is 6.07 Å². The van der Waals surface area contributed by atoms with Gasteiger partial charge in [-0.25, -0.2) is 0 Å². The van der Waals surface area contributed by atoms with Crippen LogP contribution in [0, 0.1) is 0 Å². The van der Waals surface area contributed by atoms with Crippen molar-refractivity contribution in [2.45, 2.75) is 0 Å². The van der Waals surface area contributed by atoms with Gasteiger partial charge in [0.1, 0.15) is 0 Å². The summed E-state index contributed by atoms with van der Waals surface area (Å²) in [5.41, 5.74) is 4.65. The first-order valence-corrected chi connectivity index (χ1v) is 8.83. The van der Waals surface area contributed by atoms with E-state index in [0.29, 0.717) is 0 Å². The molecule has 2 N–H and O–H groups in total. The monoisotopic (exact) mass is 335 g/mol. The summed E-state index contributed by atoms with van der Waals surface area (Å²) in [6.45, 7) is 0. The van der Waals surface area contributed by atoms with Crippen LogP contribution in [0.3, 0.4) is 0 Å². The topological polar surface area (TPSA) is 35.9 Å². The third kappa shape index (κ3) is 1.49. The molecule has 3 nitrogen and oxygen atoms in total. The zero-order valence-electron chi connectivity index (χ0n) is 14.4. The fraction of sp³-hybridized carbons (Fsp3) is 0.0435. The van der Waals surface area contributed by atoms with Gasteiger partial charge in [0.05, 0.1) is 22.1 Å². The van der Waals surface area contributed by atoms with Crippen LogP contribution in [0.1, 0.15) is 0 Å². The number of nitrogen functional groups attached to an aromatic ring is 1. The lowest BCUT2D eigenvalue weighted by Gasteiger charge is -2.04. The second-order valence-electron chi connectivity index (χ2n) is 6.98. The maximum absolute atomic E-state index is 6.41. The molecular formula is C23H17N3. The Morgan fingerprint density at radius 1 is 0.615 bits per heavy atom. The molecule has 0 saturated carbocycles. The molecule has 0 aliphatic rings. The molecule has 26 heavy (non-hydrogen) atoms. The highest BCUT2D eigenvalue weighted by molar-refractivity contribution is 6.27. The molecule has 0 aliphatic carbocycles. The molecule has 3 heteroatoms. The van der Waals surface area contributed by atoms with Crippen LogP contribution in [0.25, 0.3) is 54.4 Å². The first-order valence-electron chi connectivity index (χ1n) is 8.83. The van der Waals surface area contributed by atoms with Gasteiger partial charge in [0.2, 0.25) is 0 Å². The molecule has 6 aromatic rings. The fourth-order valence-corrected chi connectivity index (χ4v) is 4.58. The van der Waals surface area contributed by atoms with Gasteiger partial charge in [0.25, 0.3) is 0 Å². The molecule has 0 amide bonds. The molecular weight excluding hydrogens is 318 g/mol. The van der Waals surface area contributed by atoms with Gasteiger partial charge in [-0.15, -0.1) is 0 Å². The van der Waals surface area contributed by atoms with Gasteiger partial charge in [-0.2, -0.15) is 0 Å². The van der Waals surface area contributed by atoms with Crippen LogP contribution in [0.4, 0.5) is 0 Å². The first kappa shape index (κ1) is 13.8. The molecule has 0 radical (unpaired) electrons. The van der Waals surface area contributed by atoms with E-state index in [1.54, 1.807) is 4.68 Å². The molecule has 2 aromatic heterocycles. The number of hydrogen-bond donors (Lipinski definition) is 1. The van der Waals surface area contributed by atoms with Gasteiger partial charge in [-0.1, -0.05) is 60.7 Å². The molecule has 0 saturated heterocycles. The molecule has 6 rings (SSSR count). The Morgan fingerprint density at radius 3 is 2.19 bits per heavy atom. The van der Waals surface area contributed by atoms with Crippen LogP contribution >= 0.6 is 0 Å². The van der Waals surface area contributed by atoms with Gasteiger partial charge < -0.3 is 10.4 Å². The van der Waals surface area contributed by atoms with Crippen LogP contribution < -0.4 is 5.84 Å². The Bertz CT molecular complexity index is 1500. The minimum atomic E-state index is 1.06. The fourth-order valence-electron chi connectivity index (χ4n) is 4.58. The van der Waals surface area contributed by atoms with E-state index >= 15 is 0 Å². The quantitative estimate of drug-likeness (QED) is 0.375. The van der Waals surface area contributed by atoms with Crippen molar-refractivity contribution in [3.63, 3.8) is 0 Å². The van der Waals surface area contributed by atoms with Crippen molar-refractivity contribution in [3.8, 4) is 0 Å². The average molecular weight is 335 g/mol. The lowest BCUT2D eigenvalue weighted by atomic mass is 10.0. The van der Waals surface area contributed by atoms with Crippen molar-refractivity contribution in [2.24, 2.45) is 7.05 Å². The van der Waals surface area contributed by atoms with Crippen molar-refractivity contribution < 1.29 is 0 Å². The second-order valence-corrected chi connectivity index (χ2v) is 6.98. The normalized spacial score (nSPS) is 12.2. The van der Waals surface area contributed by atoms with Crippen LogP contribution in [0.15, 0.2) is 72.8 Å². The summed E-state index contributed by atoms with van der Waals surface area (Å²) < 4.78 is 4.14. The van der Waals surface area contributed by atoms with Gasteiger partial charge in [-0.3, -0.25) is 4.68 Å². The Balaban J connectivity index is 1.98. The number of nitrogens with two attached hydrogens (primary N) is 1. The third-order valence-corrected chi connectivity index (χ3v) is 5.71. The van der Waals surface area contributed by atoms with Crippen molar-refractivity contribution >= 4 is 54.4 Å². The highest BCUT2D eigenvalue weighted by Gasteiger charge is 2.17. The molecule has 0 spiro atoms. The molecule has 4 aromatic carbocycles. The largest absolute Gasteiger partial charge is 0.343 e. The number of hydrogen-bond acceptors (Lipinski definition) is 1. The lowest BCUT2D eigenvalue weighted by molar-refractivity contribution is 1.02. The van der Waals surface area contributed by atoms with Gasteiger partial charge in [0.15, 0.2) is 0 Å². The first-order chi connectivity index (χ1) is 12.8. The minimum Gasteiger partial charge on any atom is -0.343 e. The highest BCUT2D eigenvalue weighted by atomic mass is 15.3. The van der Waals surface area contributed by atoms with E-state index in [1.165, 1.54) is 43.4 Å². The van der Waals surface area contributed by atoms with Crippen molar-refractivity contribution in [1.29, 1.82) is 0 Å². The summed E-state index contributed by atoms with van der Waals surface area (Å²) in [5, 5.41) is 7.54. The summed E-state index contributed by atoms with van der Waals surface area (Å²) in [4.78, 5) is 0. The standard InChI is InChI=1S/C23H17N3/c1-25-22-15-7-3-2-6-14(15)10-11-16(22)17-12-13-20-21(23(17)25)18-8-4-5-9-19(18)26(20)24/h2-13H,24H2,1H3. The highest BCUT2D eigenvalue weighted by Crippen LogP contribution is 2.39. The maximum atomic E-state index is 6.41. The number of aryl methyl sites for hydroxylation is 1. The molecule has 0 bridgehead atoms. The maximum Gasteiger partial charge on any atom is 0.0725 e. The summed E-state index contributed by atoms with van der Waals surface area (Å²) in [7, 11) is 2.17. The number of rotatable bonds is 0. The number of fused-ring (bicyclic) bond motifs is 9. The molecule has 0 fully saturated rings. The van der Waals surface area contributed by atoms with E-state index in [2.05, 4.69) is 78.3 Å². The summed E-state index contributed by atoms with van der Waals surface area (Å²) in [5.74, 6) is 6.41. The summed E-state index contributed by atoms with van der Waals surface area (Å²) >= 11 is 0. The van der Waals surface area contributed by atoms with Crippen LogP contribution in [-0.4, -0.2) is 9.24 Å². The van der Waals surface area contributed by atoms with Crippen molar-refractivity contribution in [1.82, 2.24) is 9.24 Å². The third-order valence-electron chi connectivity index (χ3n) is 5.71. The summed E-state index contributed by atoms with van der Waals surface area (Å²) in [6, 6.07) is 25.8. The number of aromatic nitrogens is 2. The van der Waals surface area contributed by atoms with Gasteiger partial charge in [0, 0.05) is 34.0 Å². The predicted octanol–water partition coefficient (Wildman–Crippen LogP) is 5.31. The minimum absolute atomic E-state index is 1.06. The Kier molecular flexibility index (Phi) is 2.43. The molecule has 0 unspecified atom stereocenters. The molecule has 2 heterocycles. The van der Waals surface area contributed by atoms with Gasteiger partial charge in [-0.05, 0) is 17.5 Å². The SMILES string of the molecule is Cn1c2c3ccccc3ccc2c2ccc3c(c4ccccc4n3N)c21. The van der Waals surface area contributed by atoms with Crippen LogP contribution in [-0.2, 0) is 7.05 Å². The van der Waals surface area contributed by atoms with Crippen molar-refractivity contribution in [3.05, 3.63) is 72.8 Å². The number of benzene rings is 4. The summed E-state index contributed by atoms with van der Waals surface area (Å²) in [6.07, 6.45) is 0. The molecule has 124 valence electrons. The van der Waals surface area contributed by atoms with E-state index in [4.69, 9.17) is 5.84 Å². The van der Waals surface area contributed by atoms with E-state index in [0.717, 1.165) is 11.0 Å². The Morgan fingerprint density at radius 2 is 1.31 bits per heavy atom. The van der Waals surface area contributed by atoms with E-state index in [9.17, 15) is 0 Å². The number of nitrogens with zero attached hydrogens (tertiary/aromatic N) is 2. The predicted molar refractivity (Wildman–Crippen MR) is 111 cm³/mol. The Hall–Kier alpha value is -3.46. The van der Waals surface area contributed by atoms with Crippen LogP contribution in [0.2, 0.25) is 0 Å². The average Bonchev–Trinajstić information content (AvgIpc) is 3.15. The molecule has 0 aliphatic heterocycles. The zero-order chi connectivity index (χ0) is 17.4. The lowest BCUT2D eigenvalue weighted by Crippen LogP contribution is -2.06. The number of para-hydroxylation sites is 1. The van der Waals surface area contributed by atoms with E-state index < -0.39 is 0 Å². The van der Waals surface area contributed by atoms with E-state index in [-0.39, 0.29) is 0 Å². The van der Waals surface area contributed by atoms with Gasteiger partial charge >= 0.3 is 0 Å². The molecule has 0 atom stereocenters. The second kappa shape index (κ2) is 4.58. The smallest absolute Gasteiger partial charge is 0.0725 e.